The third kappa shape index (κ3) is 4.10. The molecule has 1 saturated carbocycles. The van der Waals surface area contributed by atoms with Crippen LogP contribution in [-0.2, 0) is 4.79 Å². The fourth-order valence-corrected chi connectivity index (χ4v) is 2.37. The molecular weight excluding hydrogens is 202 g/mol. The average Bonchev–Trinajstić information content (AvgIpc) is 2.28. The van der Waals surface area contributed by atoms with Crippen LogP contribution in [0.4, 0.5) is 0 Å². The monoisotopic (exact) mass is 227 g/mol. The Labute approximate surface area is 98.6 Å². The highest BCUT2D eigenvalue weighted by Gasteiger charge is 2.29. The van der Waals surface area contributed by atoms with Crippen LogP contribution in [0, 0.1) is 11.8 Å². The number of carbonyl (C=O) groups excluding carboxylic acids is 1. The number of rotatable bonds is 5. The molecule has 1 aliphatic rings. The number of hydrogen-bond acceptors (Lipinski definition) is 3. The summed E-state index contributed by atoms with van der Waals surface area (Å²) in [5, 5.41) is 3.01. The van der Waals surface area contributed by atoms with Gasteiger partial charge in [-0.05, 0) is 39.4 Å². The van der Waals surface area contributed by atoms with Gasteiger partial charge in [0.15, 0.2) is 0 Å². The summed E-state index contributed by atoms with van der Waals surface area (Å²) in [5.74, 6) is 0.756. The Morgan fingerprint density at radius 3 is 2.69 bits per heavy atom. The van der Waals surface area contributed by atoms with Gasteiger partial charge >= 0.3 is 0 Å². The lowest BCUT2D eigenvalue weighted by atomic mass is 9.79. The van der Waals surface area contributed by atoms with Crippen molar-refractivity contribution >= 4 is 5.91 Å². The summed E-state index contributed by atoms with van der Waals surface area (Å²) in [6.45, 7) is 2.27. The number of nitrogens with two attached hydrogens (primary N) is 1. The van der Waals surface area contributed by atoms with Gasteiger partial charge < -0.3 is 16.0 Å². The number of carbonyl (C=O) groups is 1. The second-order valence-electron chi connectivity index (χ2n) is 4.98. The second-order valence-corrected chi connectivity index (χ2v) is 4.98. The molecule has 0 aliphatic heterocycles. The van der Waals surface area contributed by atoms with Gasteiger partial charge in [0.25, 0.3) is 0 Å². The van der Waals surface area contributed by atoms with Crippen LogP contribution in [0.15, 0.2) is 0 Å². The Balaban J connectivity index is 2.33. The summed E-state index contributed by atoms with van der Waals surface area (Å²) in [6.07, 6.45) is 4.52. The van der Waals surface area contributed by atoms with Crippen LogP contribution < -0.4 is 11.1 Å². The van der Waals surface area contributed by atoms with E-state index < -0.39 is 0 Å². The van der Waals surface area contributed by atoms with Crippen molar-refractivity contribution in [1.29, 1.82) is 0 Å². The zero-order valence-corrected chi connectivity index (χ0v) is 10.5. The van der Waals surface area contributed by atoms with Gasteiger partial charge in [0.1, 0.15) is 0 Å². The highest BCUT2D eigenvalue weighted by Crippen LogP contribution is 2.29. The molecule has 0 aromatic rings. The molecule has 2 unspecified atom stereocenters. The van der Waals surface area contributed by atoms with Crippen molar-refractivity contribution in [2.75, 3.05) is 33.7 Å². The van der Waals surface area contributed by atoms with Gasteiger partial charge in [-0.3, -0.25) is 4.79 Å². The quantitative estimate of drug-likeness (QED) is 0.716. The molecule has 2 atom stereocenters. The maximum Gasteiger partial charge on any atom is 0.223 e. The number of likely N-dealkylation sites (N-methyl/N-ethyl adjacent to an activating group) is 1. The van der Waals surface area contributed by atoms with Gasteiger partial charge in [0.05, 0.1) is 0 Å². The Hall–Kier alpha value is -0.610. The standard InChI is InChI=1S/C12H25N3O/c1-15(2)8-7-14-12(16)11-6-4-3-5-10(11)9-13/h10-11H,3-9,13H2,1-2H3,(H,14,16). The summed E-state index contributed by atoms with van der Waals surface area (Å²) >= 11 is 0. The SMILES string of the molecule is CN(C)CCNC(=O)C1CCCCC1CN. The van der Waals surface area contributed by atoms with Crippen LogP contribution in [0.3, 0.4) is 0 Å². The predicted molar refractivity (Wildman–Crippen MR) is 66.1 cm³/mol. The first kappa shape index (κ1) is 13.5. The molecule has 0 aromatic carbocycles. The van der Waals surface area contributed by atoms with Crippen molar-refractivity contribution in [2.24, 2.45) is 17.6 Å². The zero-order chi connectivity index (χ0) is 12.0. The van der Waals surface area contributed by atoms with Crippen molar-refractivity contribution < 1.29 is 4.79 Å². The topological polar surface area (TPSA) is 58.4 Å². The van der Waals surface area contributed by atoms with Gasteiger partial charge in [-0.25, -0.2) is 0 Å². The first-order chi connectivity index (χ1) is 7.65. The number of nitrogens with one attached hydrogen (secondary N) is 1. The Morgan fingerprint density at radius 2 is 2.06 bits per heavy atom. The van der Waals surface area contributed by atoms with Crippen molar-refractivity contribution in [3.8, 4) is 0 Å². The molecule has 3 N–H and O–H groups in total. The van der Waals surface area contributed by atoms with Crippen molar-refractivity contribution in [2.45, 2.75) is 25.7 Å². The number of amides is 1. The lowest BCUT2D eigenvalue weighted by Crippen LogP contribution is -2.41. The van der Waals surface area contributed by atoms with E-state index in [1.165, 1.54) is 12.8 Å². The molecule has 1 aliphatic carbocycles. The molecule has 0 heterocycles. The molecule has 1 amide bonds. The molecule has 4 nitrogen and oxygen atoms in total. The van der Waals surface area contributed by atoms with Gasteiger partial charge in [0, 0.05) is 19.0 Å². The molecule has 0 bridgehead atoms. The Kier molecular flexibility index (Phi) is 5.77. The Bertz CT molecular complexity index is 218. The van der Waals surface area contributed by atoms with Crippen LogP contribution in [0.5, 0.6) is 0 Å². The first-order valence-corrected chi connectivity index (χ1v) is 6.27. The fraction of sp³-hybridized carbons (Fsp3) is 0.917. The van der Waals surface area contributed by atoms with E-state index in [0.717, 1.165) is 25.9 Å². The van der Waals surface area contributed by atoms with Gasteiger partial charge in [0.2, 0.25) is 5.91 Å². The van der Waals surface area contributed by atoms with Crippen molar-refractivity contribution in [1.82, 2.24) is 10.2 Å². The van der Waals surface area contributed by atoms with Gasteiger partial charge in [-0.2, -0.15) is 0 Å². The van der Waals surface area contributed by atoms with E-state index in [1.54, 1.807) is 0 Å². The van der Waals surface area contributed by atoms with Crippen LogP contribution in [0.1, 0.15) is 25.7 Å². The molecule has 0 spiro atoms. The second kappa shape index (κ2) is 6.86. The van der Waals surface area contributed by atoms with Gasteiger partial charge in [-0.1, -0.05) is 12.8 Å². The molecular formula is C12H25N3O. The third-order valence-electron chi connectivity index (χ3n) is 3.41. The lowest BCUT2D eigenvalue weighted by Gasteiger charge is -2.29. The summed E-state index contributed by atoms with van der Waals surface area (Å²) in [6, 6.07) is 0. The minimum absolute atomic E-state index is 0.154. The van der Waals surface area contributed by atoms with Crippen LogP contribution in [0.25, 0.3) is 0 Å². The molecule has 0 saturated heterocycles. The fourth-order valence-electron chi connectivity index (χ4n) is 2.37. The molecule has 0 aromatic heterocycles. The normalized spacial score (nSPS) is 25.8. The van der Waals surface area contributed by atoms with Crippen LogP contribution in [0.2, 0.25) is 0 Å². The van der Waals surface area contributed by atoms with Crippen molar-refractivity contribution in [3.05, 3.63) is 0 Å². The van der Waals surface area contributed by atoms with Crippen LogP contribution in [-0.4, -0.2) is 44.5 Å². The van der Waals surface area contributed by atoms with E-state index in [1.807, 2.05) is 14.1 Å². The highest BCUT2D eigenvalue weighted by molar-refractivity contribution is 5.79. The number of nitrogens with zero attached hydrogens (tertiary/aromatic N) is 1. The van der Waals surface area contributed by atoms with Crippen molar-refractivity contribution in [3.63, 3.8) is 0 Å². The van der Waals surface area contributed by atoms with E-state index in [-0.39, 0.29) is 11.8 Å². The van der Waals surface area contributed by atoms with Crippen LogP contribution >= 0.6 is 0 Å². The summed E-state index contributed by atoms with van der Waals surface area (Å²) in [5.41, 5.74) is 5.72. The lowest BCUT2D eigenvalue weighted by molar-refractivity contribution is -0.127. The minimum Gasteiger partial charge on any atom is -0.355 e. The van der Waals surface area contributed by atoms with E-state index in [4.69, 9.17) is 5.73 Å². The average molecular weight is 227 g/mol. The molecule has 0 radical (unpaired) electrons. The van der Waals surface area contributed by atoms with Gasteiger partial charge in [-0.15, -0.1) is 0 Å². The zero-order valence-electron chi connectivity index (χ0n) is 10.5. The highest BCUT2D eigenvalue weighted by atomic mass is 16.1. The first-order valence-electron chi connectivity index (χ1n) is 6.27. The third-order valence-corrected chi connectivity index (χ3v) is 3.41. The molecule has 16 heavy (non-hydrogen) atoms. The Morgan fingerprint density at radius 1 is 1.38 bits per heavy atom. The minimum atomic E-state index is 0.154. The van der Waals surface area contributed by atoms with E-state index in [0.29, 0.717) is 12.5 Å². The van der Waals surface area contributed by atoms with E-state index >= 15 is 0 Å². The van der Waals surface area contributed by atoms with E-state index in [9.17, 15) is 4.79 Å². The maximum absolute atomic E-state index is 12.0. The summed E-state index contributed by atoms with van der Waals surface area (Å²) in [7, 11) is 4.02. The largest absolute Gasteiger partial charge is 0.355 e. The molecule has 1 rings (SSSR count). The molecule has 94 valence electrons. The molecule has 4 heteroatoms. The number of hydrogen-bond donors (Lipinski definition) is 2. The summed E-state index contributed by atoms with van der Waals surface area (Å²) in [4.78, 5) is 14.0. The predicted octanol–water partition coefficient (Wildman–Crippen LogP) is 0.429. The smallest absolute Gasteiger partial charge is 0.223 e. The summed E-state index contributed by atoms with van der Waals surface area (Å²) < 4.78 is 0. The maximum atomic E-state index is 12.0. The van der Waals surface area contributed by atoms with E-state index in [2.05, 4.69) is 10.2 Å². The molecule has 1 fully saturated rings.